The summed E-state index contributed by atoms with van der Waals surface area (Å²) in [6.45, 7) is 1.86. The van der Waals surface area contributed by atoms with Crippen molar-refractivity contribution in [3.8, 4) is 17.3 Å². The summed E-state index contributed by atoms with van der Waals surface area (Å²) in [7, 11) is 0. The number of H-pyrrole nitrogens is 1. The van der Waals surface area contributed by atoms with Gasteiger partial charge in [-0.25, -0.2) is 14.6 Å². The molecule has 9 heteroatoms. The van der Waals surface area contributed by atoms with E-state index in [4.69, 9.17) is 17.3 Å². The predicted octanol–water partition coefficient (Wildman–Crippen LogP) is 1.51. The third kappa shape index (κ3) is 1.68. The molecule has 0 aliphatic heterocycles. The first-order chi connectivity index (χ1) is 9.11. The highest BCUT2D eigenvalue weighted by molar-refractivity contribution is 6.34. The molecule has 3 aromatic rings. The van der Waals surface area contributed by atoms with Crippen LogP contribution in [0.15, 0.2) is 4.63 Å². The van der Waals surface area contributed by atoms with E-state index in [9.17, 15) is 5.11 Å². The second kappa shape index (κ2) is 4.09. The number of aromatic nitrogens is 5. The second-order valence-electron chi connectivity index (χ2n) is 3.86. The van der Waals surface area contributed by atoms with Crippen molar-refractivity contribution in [2.24, 2.45) is 0 Å². The highest BCUT2D eigenvalue weighted by atomic mass is 35.5. The first kappa shape index (κ1) is 11.7. The summed E-state index contributed by atoms with van der Waals surface area (Å²) < 4.78 is 4.50. The highest BCUT2D eigenvalue weighted by Crippen LogP contribution is 2.33. The van der Waals surface area contributed by atoms with Crippen LogP contribution in [0.4, 0.5) is 5.82 Å². The first-order valence-electron chi connectivity index (χ1n) is 5.47. The lowest BCUT2D eigenvalue weighted by Gasteiger charge is -2.01. The SMILES string of the molecule is CCc1nc(Cl)c2nc(-c3nonc3N)[nH]c2c1O. The molecule has 98 valence electrons. The number of hydrogen-bond donors (Lipinski definition) is 3. The maximum absolute atomic E-state index is 10.1. The molecule has 0 radical (unpaired) electrons. The largest absolute Gasteiger partial charge is 0.504 e. The Kier molecular flexibility index (Phi) is 2.53. The monoisotopic (exact) mass is 280 g/mol. The number of nitrogen functional groups attached to an aromatic ring is 1. The van der Waals surface area contributed by atoms with Gasteiger partial charge < -0.3 is 15.8 Å². The number of hydrogen-bond acceptors (Lipinski definition) is 7. The van der Waals surface area contributed by atoms with Gasteiger partial charge in [0.1, 0.15) is 11.0 Å². The lowest BCUT2D eigenvalue weighted by molar-refractivity contribution is 0.310. The average molecular weight is 281 g/mol. The minimum absolute atomic E-state index is 0.00988. The van der Waals surface area contributed by atoms with Gasteiger partial charge in [0.25, 0.3) is 0 Å². The van der Waals surface area contributed by atoms with Gasteiger partial charge in [-0.1, -0.05) is 18.5 Å². The molecule has 19 heavy (non-hydrogen) atoms. The Bertz CT molecular complexity index is 765. The van der Waals surface area contributed by atoms with Crippen molar-refractivity contribution >= 4 is 28.5 Å². The zero-order valence-corrected chi connectivity index (χ0v) is 10.6. The maximum Gasteiger partial charge on any atom is 0.199 e. The summed E-state index contributed by atoms with van der Waals surface area (Å²) in [5, 5.41) is 17.4. The summed E-state index contributed by atoms with van der Waals surface area (Å²) in [6, 6.07) is 0. The first-order valence-corrected chi connectivity index (χ1v) is 5.85. The number of anilines is 1. The van der Waals surface area contributed by atoms with Gasteiger partial charge in [-0.15, -0.1) is 0 Å². The van der Waals surface area contributed by atoms with Gasteiger partial charge in [-0.2, -0.15) is 0 Å². The normalized spacial score (nSPS) is 11.3. The number of fused-ring (bicyclic) bond motifs is 1. The van der Waals surface area contributed by atoms with Crippen molar-refractivity contribution in [1.29, 1.82) is 0 Å². The van der Waals surface area contributed by atoms with Crippen molar-refractivity contribution in [1.82, 2.24) is 25.3 Å². The Labute approximate surface area is 111 Å². The van der Waals surface area contributed by atoms with E-state index in [2.05, 4.69) is 29.9 Å². The molecule has 0 bridgehead atoms. The molecular formula is C10H9ClN6O2. The van der Waals surface area contributed by atoms with E-state index in [1.807, 2.05) is 6.92 Å². The molecule has 0 fully saturated rings. The van der Waals surface area contributed by atoms with Gasteiger partial charge >= 0.3 is 0 Å². The van der Waals surface area contributed by atoms with E-state index >= 15 is 0 Å². The van der Waals surface area contributed by atoms with Gasteiger partial charge in [0.15, 0.2) is 28.2 Å². The molecule has 0 aromatic carbocycles. The van der Waals surface area contributed by atoms with Crippen molar-refractivity contribution < 1.29 is 9.74 Å². The van der Waals surface area contributed by atoms with Crippen LogP contribution in [-0.4, -0.2) is 30.4 Å². The minimum Gasteiger partial charge on any atom is -0.504 e. The summed E-state index contributed by atoms with van der Waals surface area (Å²) >= 11 is 6.03. The van der Waals surface area contributed by atoms with E-state index in [0.29, 0.717) is 29.0 Å². The molecule has 4 N–H and O–H groups in total. The van der Waals surface area contributed by atoms with Crippen LogP contribution in [0.3, 0.4) is 0 Å². The van der Waals surface area contributed by atoms with Crippen LogP contribution >= 0.6 is 11.6 Å². The zero-order valence-electron chi connectivity index (χ0n) is 9.81. The minimum atomic E-state index is 0.00988. The van der Waals surface area contributed by atoms with E-state index in [1.165, 1.54) is 0 Å². The smallest absolute Gasteiger partial charge is 0.199 e. The quantitative estimate of drug-likeness (QED) is 0.607. The van der Waals surface area contributed by atoms with Gasteiger partial charge in [0.2, 0.25) is 0 Å². The number of imidazole rings is 1. The van der Waals surface area contributed by atoms with Crippen LogP contribution in [0.1, 0.15) is 12.6 Å². The van der Waals surface area contributed by atoms with Crippen LogP contribution in [-0.2, 0) is 6.42 Å². The van der Waals surface area contributed by atoms with Crippen molar-refractivity contribution in [2.75, 3.05) is 5.73 Å². The van der Waals surface area contributed by atoms with Crippen LogP contribution in [0.5, 0.6) is 5.75 Å². The molecule has 3 rings (SSSR count). The fourth-order valence-corrected chi connectivity index (χ4v) is 2.02. The van der Waals surface area contributed by atoms with E-state index < -0.39 is 0 Å². The van der Waals surface area contributed by atoms with Gasteiger partial charge in [-0.05, 0) is 16.7 Å². The summed E-state index contributed by atoms with van der Waals surface area (Å²) in [5.41, 5.74) is 7.05. The number of aromatic amines is 1. The predicted molar refractivity (Wildman–Crippen MR) is 67.6 cm³/mol. The van der Waals surface area contributed by atoms with Gasteiger partial charge in [0, 0.05) is 0 Å². The molecule has 0 unspecified atom stereocenters. The lowest BCUT2D eigenvalue weighted by Crippen LogP contribution is -1.90. The molecule has 8 nitrogen and oxygen atoms in total. The molecule has 3 aromatic heterocycles. The Morgan fingerprint density at radius 3 is 2.79 bits per heavy atom. The van der Waals surface area contributed by atoms with E-state index in [-0.39, 0.29) is 22.4 Å². The summed E-state index contributed by atoms with van der Waals surface area (Å²) in [6.07, 6.45) is 0.545. The Hall–Kier alpha value is -2.35. The van der Waals surface area contributed by atoms with Crippen molar-refractivity contribution in [3.63, 3.8) is 0 Å². The topological polar surface area (TPSA) is 127 Å². The molecule has 0 aliphatic carbocycles. The fraction of sp³-hybridized carbons (Fsp3) is 0.200. The number of nitrogens with zero attached hydrogens (tertiary/aromatic N) is 4. The molecule has 0 saturated carbocycles. The fourth-order valence-electron chi connectivity index (χ4n) is 1.78. The average Bonchev–Trinajstić information content (AvgIpc) is 2.99. The number of nitrogens with one attached hydrogen (secondary N) is 1. The molecule has 0 atom stereocenters. The molecular weight excluding hydrogens is 272 g/mol. The molecule has 0 saturated heterocycles. The number of halogens is 1. The van der Waals surface area contributed by atoms with E-state index in [0.717, 1.165) is 0 Å². The number of aromatic hydroxyl groups is 1. The number of aryl methyl sites for hydroxylation is 1. The van der Waals surface area contributed by atoms with Crippen LogP contribution in [0.25, 0.3) is 22.6 Å². The van der Waals surface area contributed by atoms with Gasteiger partial charge in [-0.3, -0.25) is 0 Å². The van der Waals surface area contributed by atoms with Gasteiger partial charge in [0.05, 0.1) is 5.69 Å². The number of rotatable bonds is 2. The summed E-state index contributed by atoms with van der Waals surface area (Å²) in [5.74, 6) is 0.412. The van der Waals surface area contributed by atoms with Crippen molar-refractivity contribution in [3.05, 3.63) is 10.8 Å². The van der Waals surface area contributed by atoms with Crippen molar-refractivity contribution in [2.45, 2.75) is 13.3 Å². The maximum atomic E-state index is 10.1. The number of pyridine rings is 1. The third-order valence-corrected chi connectivity index (χ3v) is 2.98. The van der Waals surface area contributed by atoms with E-state index in [1.54, 1.807) is 0 Å². The molecule has 3 heterocycles. The standard InChI is InChI=1S/C10H9ClN6O2/c1-2-3-7(18)4-5(8(11)13-3)15-10(14-4)6-9(12)17-19-16-6/h18H,2H2,1H3,(H2,12,17)(H,14,15). The Balaban J connectivity index is 2.29. The number of nitrogens with two attached hydrogens (primary N) is 1. The zero-order chi connectivity index (χ0) is 13.6. The summed E-state index contributed by atoms with van der Waals surface area (Å²) in [4.78, 5) is 11.2. The lowest BCUT2D eigenvalue weighted by atomic mass is 10.2. The second-order valence-corrected chi connectivity index (χ2v) is 4.22. The van der Waals surface area contributed by atoms with Crippen LogP contribution in [0.2, 0.25) is 5.15 Å². The van der Waals surface area contributed by atoms with Crippen LogP contribution < -0.4 is 5.73 Å². The highest BCUT2D eigenvalue weighted by Gasteiger charge is 2.19. The third-order valence-electron chi connectivity index (χ3n) is 2.72. The molecule has 0 spiro atoms. The Morgan fingerprint density at radius 2 is 2.16 bits per heavy atom. The van der Waals surface area contributed by atoms with Crippen LogP contribution in [0, 0.1) is 0 Å². The molecule has 0 aliphatic rings. The molecule has 0 amide bonds. The Morgan fingerprint density at radius 1 is 1.37 bits per heavy atom.